The monoisotopic (exact) mass is 301 g/mol. The van der Waals surface area contributed by atoms with Gasteiger partial charge in [-0.15, -0.1) is 0 Å². The molecule has 0 saturated carbocycles. The van der Waals surface area contributed by atoms with Gasteiger partial charge in [-0.25, -0.2) is 0 Å². The van der Waals surface area contributed by atoms with Crippen LogP contribution in [0.5, 0.6) is 0 Å². The molecule has 118 valence electrons. The van der Waals surface area contributed by atoms with E-state index in [0.29, 0.717) is 5.92 Å². The molecule has 22 heavy (non-hydrogen) atoms. The number of aliphatic carboxylic acids is 1. The van der Waals surface area contributed by atoms with E-state index in [0.717, 1.165) is 55.6 Å². The summed E-state index contributed by atoms with van der Waals surface area (Å²) in [6.45, 7) is 4.70. The third-order valence-corrected chi connectivity index (χ3v) is 4.67. The first-order valence-electron chi connectivity index (χ1n) is 8.04. The highest BCUT2D eigenvalue weighted by Gasteiger charge is 2.23. The van der Waals surface area contributed by atoms with Crippen molar-refractivity contribution in [3.8, 4) is 0 Å². The second kappa shape index (κ2) is 6.53. The van der Waals surface area contributed by atoms with Crippen LogP contribution in [0.3, 0.4) is 0 Å². The molecule has 1 aromatic carbocycles. The number of furan rings is 1. The van der Waals surface area contributed by atoms with E-state index in [-0.39, 0.29) is 5.92 Å². The van der Waals surface area contributed by atoms with Crippen LogP contribution in [0.1, 0.15) is 31.9 Å². The van der Waals surface area contributed by atoms with E-state index in [4.69, 9.17) is 9.52 Å². The lowest BCUT2D eigenvalue weighted by molar-refractivity contribution is -0.141. The average molecular weight is 301 g/mol. The van der Waals surface area contributed by atoms with Gasteiger partial charge in [0.15, 0.2) is 0 Å². The first kappa shape index (κ1) is 15.1. The number of benzene rings is 1. The molecule has 0 spiro atoms. The summed E-state index contributed by atoms with van der Waals surface area (Å²) in [7, 11) is 0. The van der Waals surface area contributed by atoms with Gasteiger partial charge in [0.2, 0.25) is 0 Å². The first-order chi connectivity index (χ1) is 10.6. The number of rotatable bonds is 5. The Bertz CT molecular complexity index is 608. The van der Waals surface area contributed by atoms with Crippen LogP contribution in [-0.4, -0.2) is 29.1 Å². The molecule has 1 saturated heterocycles. The summed E-state index contributed by atoms with van der Waals surface area (Å²) >= 11 is 0. The number of nitrogens with zero attached hydrogens (tertiary/aromatic N) is 1. The Balaban J connectivity index is 1.52. The van der Waals surface area contributed by atoms with Crippen LogP contribution < -0.4 is 0 Å². The highest BCUT2D eigenvalue weighted by Crippen LogP contribution is 2.26. The molecule has 0 radical (unpaired) electrons. The third-order valence-electron chi connectivity index (χ3n) is 4.67. The normalized spacial score (nSPS) is 18.6. The smallest absolute Gasteiger partial charge is 0.306 e. The molecule has 2 aromatic rings. The number of para-hydroxylation sites is 1. The number of carbonyl (C=O) groups is 1. The van der Waals surface area contributed by atoms with Crippen LogP contribution >= 0.6 is 0 Å². The number of carboxylic acids is 1. The summed E-state index contributed by atoms with van der Waals surface area (Å²) in [5, 5.41) is 10.2. The van der Waals surface area contributed by atoms with Crippen LogP contribution in [-0.2, 0) is 11.3 Å². The van der Waals surface area contributed by atoms with Crippen LogP contribution in [0.2, 0.25) is 0 Å². The summed E-state index contributed by atoms with van der Waals surface area (Å²) in [4.78, 5) is 13.3. The van der Waals surface area contributed by atoms with Crippen molar-refractivity contribution in [3.63, 3.8) is 0 Å². The molecular formula is C18H23NO3. The summed E-state index contributed by atoms with van der Waals surface area (Å²) < 4.78 is 5.87. The van der Waals surface area contributed by atoms with E-state index >= 15 is 0 Å². The highest BCUT2D eigenvalue weighted by atomic mass is 16.4. The Hall–Kier alpha value is -1.81. The van der Waals surface area contributed by atoms with Crippen molar-refractivity contribution in [2.24, 2.45) is 11.8 Å². The fraction of sp³-hybridized carbons (Fsp3) is 0.500. The molecule has 3 rings (SSSR count). The summed E-state index contributed by atoms with van der Waals surface area (Å²) in [5.74, 6) is 0.646. The van der Waals surface area contributed by atoms with Crippen molar-refractivity contribution in [3.05, 3.63) is 36.1 Å². The van der Waals surface area contributed by atoms with E-state index in [1.165, 1.54) is 0 Å². The molecule has 1 N–H and O–H groups in total. The van der Waals surface area contributed by atoms with E-state index in [1.54, 1.807) is 0 Å². The molecule has 1 aromatic heterocycles. The maximum atomic E-state index is 10.9. The van der Waals surface area contributed by atoms with E-state index in [2.05, 4.69) is 17.0 Å². The van der Waals surface area contributed by atoms with Crippen molar-refractivity contribution in [2.75, 3.05) is 13.1 Å². The number of fused-ring (bicyclic) bond motifs is 1. The minimum atomic E-state index is -0.676. The molecule has 1 unspecified atom stereocenters. The predicted molar refractivity (Wildman–Crippen MR) is 85.6 cm³/mol. The summed E-state index contributed by atoms with van der Waals surface area (Å²) in [6, 6.07) is 10.2. The van der Waals surface area contributed by atoms with E-state index in [9.17, 15) is 4.79 Å². The van der Waals surface area contributed by atoms with Crippen molar-refractivity contribution in [2.45, 2.75) is 32.7 Å². The lowest BCUT2D eigenvalue weighted by atomic mass is 9.88. The SMILES string of the molecule is CC(CC1CCN(Cc2cc3ccccc3o2)CC1)C(=O)O. The van der Waals surface area contributed by atoms with Gasteiger partial charge >= 0.3 is 5.97 Å². The van der Waals surface area contributed by atoms with Crippen LogP contribution in [0.25, 0.3) is 11.0 Å². The molecule has 0 amide bonds. The van der Waals surface area contributed by atoms with Gasteiger partial charge in [0, 0.05) is 5.39 Å². The fourth-order valence-electron chi connectivity index (χ4n) is 3.32. The van der Waals surface area contributed by atoms with Gasteiger partial charge in [-0.1, -0.05) is 25.1 Å². The Kier molecular flexibility index (Phi) is 4.48. The number of carboxylic acid groups (broad SMARTS) is 1. The minimum absolute atomic E-state index is 0.230. The van der Waals surface area contributed by atoms with Crippen molar-refractivity contribution >= 4 is 16.9 Å². The maximum Gasteiger partial charge on any atom is 0.306 e. The molecule has 4 heteroatoms. The Morgan fingerprint density at radius 2 is 2.09 bits per heavy atom. The lowest BCUT2D eigenvalue weighted by Gasteiger charge is -2.32. The Morgan fingerprint density at radius 3 is 2.77 bits per heavy atom. The second-order valence-corrected chi connectivity index (χ2v) is 6.45. The van der Waals surface area contributed by atoms with Crippen molar-refractivity contribution in [1.29, 1.82) is 0 Å². The molecular weight excluding hydrogens is 278 g/mol. The second-order valence-electron chi connectivity index (χ2n) is 6.45. The lowest BCUT2D eigenvalue weighted by Crippen LogP contribution is -2.34. The van der Waals surface area contributed by atoms with Crippen LogP contribution in [0.15, 0.2) is 34.7 Å². The predicted octanol–water partition coefficient (Wildman–Crippen LogP) is 3.76. The number of likely N-dealkylation sites (tertiary alicyclic amines) is 1. The van der Waals surface area contributed by atoms with Gasteiger partial charge in [0.1, 0.15) is 11.3 Å². The largest absolute Gasteiger partial charge is 0.481 e. The number of hydrogen-bond donors (Lipinski definition) is 1. The molecule has 1 aliphatic heterocycles. The van der Waals surface area contributed by atoms with Gasteiger partial charge in [-0.05, 0) is 50.4 Å². The Morgan fingerprint density at radius 1 is 1.36 bits per heavy atom. The number of hydrogen-bond acceptors (Lipinski definition) is 3. The molecule has 0 bridgehead atoms. The maximum absolute atomic E-state index is 10.9. The fourth-order valence-corrected chi connectivity index (χ4v) is 3.32. The minimum Gasteiger partial charge on any atom is -0.481 e. The molecule has 1 atom stereocenters. The van der Waals surface area contributed by atoms with Gasteiger partial charge in [-0.2, -0.15) is 0 Å². The van der Waals surface area contributed by atoms with E-state index in [1.807, 2.05) is 25.1 Å². The molecule has 1 fully saturated rings. The topological polar surface area (TPSA) is 53.7 Å². The quantitative estimate of drug-likeness (QED) is 0.913. The highest BCUT2D eigenvalue weighted by molar-refractivity contribution is 5.77. The zero-order chi connectivity index (χ0) is 15.5. The van der Waals surface area contributed by atoms with Gasteiger partial charge < -0.3 is 9.52 Å². The average Bonchev–Trinajstić information content (AvgIpc) is 2.91. The first-order valence-corrected chi connectivity index (χ1v) is 8.04. The van der Waals surface area contributed by atoms with Gasteiger partial charge in [0.25, 0.3) is 0 Å². The molecule has 2 heterocycles. The standard InChI is InChI=1S/C18H23NO3/c1-13(18(20)21)10-14-6-8-19(9-7-14)12-16-11-15-4-2-3-5-17(15)22-16/h2-5,11,13-14H,6-10,12H2,1H3,(H,20,21). The Labute approximate surface area is 130 Å². The third kappa shape index (κ3) is 3.50. The van der Waals surface area contributed by atoms with Crippen molar-refractivity contribution in [1.82, 2.24) is 4.90 Å². The molecule has 1 aliphatic rings. The summed E-state index contributed by atoms with van der Waals surface area (Å²) in [5.41, 5.74) is 0.947. The molecule has 4 nitrogen and oxygen atoms in total. The van der Waals surface area contributed by atoms with Gasteiger partial charge in [-0.3, -0.25) is 9.69 Å². The van der Waals surface area contributed by atoms with Gasteiger partial charge in [0.05, 0.1) is 12.5 Å². The zero-order valence-electron chi connectivity index (χ0n) is 13.0. The number of piperidine rings is 1. The zero-order valence-corrected chi connectivity index (χ0v) is 13.0. The van der Waals surface area contributed by atoms with E-state index < -0.39 is 5.97 Å². The van der Waals surface area contributed by atoms with Crippen molar-refractivity contribution < 1.29 is 14.3 Å². The van der Waals surface area contributed by atoms with Crippen LogP contribution in [0.4, 0.5) is 0 Å². The molecule has 0 aliphatic carbocycles. The summed E-state index contributed by atoms with van der Waals surface area (Å²) in [6.07, 6.45) is 2.96. The van der Waals surface area contributed by atoms with Crippen LogP contribution in [0, 0.1) is 11.8 Å².